The zero-order chi connectivity index (χ0) is 16.6. The number of hydrogen-bond donors (Lipinski definition) is 1. The fourth-order valence-corrected chi connectivity index (χ4v) is 2.57. The smallest absolute Gasteiger partial charge is 0.338 e. The lowest BCUT2D eigenvalue weighted by Crippen LogP contribution is -2.29. The van der Waals surface area contributed by atoms with Gasteiger partial charge >= 0.3 is 5.97 Å². The molecule has 1 aromatic carbocycles. The molecule has 8 heteroatoms. The fraction of sp³-hybridized carbons (Fsp3) is 0.200. The Hall–Kier alpha value is -3.16. The lowest BCUT2D eigenvalue weighted by molar-refractivity contribution is -0.255. The van der Waals surface area contributed by atoms with E-state index in [0.29, 0.717) is 22.8 Å². The average Bonchev–Trinajstić information content (AvgIpc) is 3.00. The van der Waals surface area contributed by atoms with Crippen molar-refractivity contribution in [3.63, 3.8) is 0 Å². The van der Waals surface area contributed by atoms with Crippen molar-refractivity contribution < 1.29 is 19.4 Å². The highest BCUT2D eigenvalue weighted by atomic mass is 16.5. The first-order chi connectivity index (χ1) is 11.0. The molecule has 1 N–H and O–H groups in total. The van der Waals surface area contributed by atoms with Gasteiger partial charge in [0, 0.05) is 5.70 Å². The molecule has 2 heterocycles. The molecule has 8 nitrogen and oxygen atoms in total. The molecule has 1 aliphatic rings. The number of carbonyl (C=O) groups excluding carboxylic acids is 2. The van der Waals surface area contributed by atoms with Crippen molar-refractivity contribution in [3.8, 4) is 0 Å². The Labute approximate surface area is 131 Å². The largest absolute Gasteiger partial charge is 0.545 e. The number of anilines is 1. The molecule has 0 saturated carbocycles. The number of aromatic nitrogens is 3. The number of carbonyl (C=O) groups is 2. The molecule has 0 radical (unpaired) electrons. The lowest BCUT2D eigenvalue weighted by atomic mass is 9.95. The molecule has 1 unspecified atom stereocenters. The molecule has 23 heavy (non-hydrogen) atoms. The lowest BCUT2D eigenvalue weighted by Gasteiger charge is -2.28. The molecule has 1 aliphatic heterocycles. The maximum absolute atomic E-state index is 12.2. The second-order valence-electron chi connectivity index (χ2n) is 5.00. The number of rotatable bonds is 3. The van der Waals surface area contributed by atoms with Gasteiger partial charge in [-0.25, -0.2) is 9.48 Å². The van der Waals surface area contributed by atoms with Crippen LogP contribution < -0.4 is 10.4 Å². The summed E-state index contributed by atoms with van der Waals surface area (Å²) in [7, 11) is 1.30. The van der Waals surface area contributed by atoms with Crippen LogP contribution in [-0.2, 0) is 9.53 Å². The summed E-state index contributed by atoms with van der Waals surface area (Å²) < 4.78 is 6.41. The Morgan fingerprint density at radius 1 is 1.30 bits per heavy atom. The summed E-state index contributed by atoms with van der Waals surface area (Å²) in [6, 6.07) is 5.52. The number of esters is 1. The van der Waals surface area contributed by atoms with Gasteiger partial charge in [0.1, 0.15) is 12.4 Å². The predicted octanol–water partition coefficient (Wildman–Crippen LogP) is 0.103. The van der Waals surface area contributed by atoms with Gasteiger partial charge in [-0.3, -0.25) is 0 Å². The molecular formula is C15H13N4O4-. The Bertz CT molecular complexity index is 807. The van der Waals surface area contributed by atoms with Crippen LogP contribution in [0.4, 0.5) is 5.95 Å². The van der Waals surface area contributed by atoms with Gasteiger partial charge in [-0.2, -0.15) is 10.1 Å². The predicted molar refractivity (Wildman–Crippen MR) is 77.3 cm³/mol. The Kier molecular flexibility index (Phi) is 3.57. The number of methoxy groups -OCH3 is 1. The summed E-state index contributed by atoms with van der Waals surface area (Å²) in [5, 5.41) is 18.0. The molecule has 0 spiro atoms. The van der Waals surface area contributed by atoms with Crippen LogP contribution in [0.3, 0.4) is 0 Å². The molecule has 118 valence electrons. The number of nitrogens with one attached hydrogen (secondary N) is 1. The van der Waals surface area contributed by atoms with E-state index in [0.717, 1.165) is 0 Å². The normalized spacial score (nSPS) is 16.5. The van der Waals surface area contributed by atoms with Gasteiger partial charge < -0.3 is 20.0 Å². The number of carboxylic acids is 1. The summed E-state index contributed by atoms with van der Waals surface area (Å²) in [4.78, 5) is 27.2. The van der Waals surface area contributed by atoms with Gasteiger partial charge in [-0.1, -0.05) is 24.3 Å². The number of benzene rings is 1. The molecule has 0 bridgehead atoms. The monoisotopic (exact) mass is 313 g/mol. The minimum Gasteiger partial charge on any atom is -0.545 e. The van der Waals surface area contributed by atoms with E-state index in [4.69, 9.17) is 4.74 Å². The van der Waals surface area contributed by atoms with Crippen molar-refractivity contribution in [2.75, 3.05) is 12.4 Å². The van der Waals surface area contributed by atoms with Gasteiger partial charge in [0.25, 0.3) is 0 Å². The number of allylic oxidation sites excluding steroid dienone is 1. The van der Waals surface area contributed by atoms with Crippen molar-refractivity contribution in [1.82, 2.24) is 14.8 Å². The van der Waals surface area contributed by atoms with Crippen molar-refractivity contribution in [1.29, 1.82) is 0 Å². The van der Waals surface area contributed by atoms with Gasteiger partial charge in [-0.15, -0.1) is 0 Å². The second kappa shape index (κ2) is 5.56. The van der Waals surface area contributed by atoms with Crippen LogP contribution in [0.1, 0.15) is 28.9 Å². The highest BCUT2D eigenvalue weighted by Gasteiger charge is 2.33. The summed E-state index contributed by atoms with van der Waals surface area (Å²) in [5.41, 5.74) is 1.72. The van der Waals surface area contributed by atoms with E-state index in [1.807, 2.05) is 0 Å². The van der Waals surface area contributed by atoms with Crippen LogP contribution in [0, 0.1) is 0 Å². The third kappa shape index (κ3) is 2.44. The van der Waals surface area contributed by atoms with Crippen LogP contribution in [-0.4, -0.2) is 33.8 Å². The van der Waals surface area contributed by atoms with Gasteiger partial charge in [-0.05, 0) is 18.1 Å². The number of aromatic carboxylic acids is 1. The molecule has 1 atom stereocenters. The van der Waals surface area contributed by atoms with E-state index in [9.17, 15) is 14.7 Å². The first-order valence-corrected chi connectivity index (χ1v) is 6.80. The topological polar surface area (TPSA) is 109 Å². The molecule has 2 aromatic rings. The van der Waals surface area contributed by atoms with E-state index in [1.165, 1.54) is 25.6 Å². The third-order valence-electron chi connectivity index (χ3n) is 3.66. The van der Waals surface area contributed by atoms with Crippen molar-refractivity contribution in [3.05, 3.63) is 53.0 Å². The number of nitrogens with zero attached hydrogens (tertiary/aromatic N) is 3. The van der Waals surface area contributed by atoms with Crippen molar-refractivity contribution in [2.24, 2.45) is 0 Å². The number of ether oxygens (including phenoxy) is 1. The van der Waals surface area contributed by atoms with Gasteiger partial charge in [0.15, 0.2) is 0 Å². The summed E-state index contributed by atoms with van der Waals surface area (Å²) in [6.07, 6.45) is 1.37. The minimum atomic E-state index is -1.26. The SMILES string of the molecule is COC(=O)C1=C(C)Nc2ncnn2C1c1ccc(C(=O)[O-])cc1. The molecule has 1 aromatic heterocycles. The zero-order valence-electron chi connectivity index (χ0n) is 12.4. The van der Waals surface area contributed by atoms with E-state index in [1.54, 1.807) is 23.7 Å². The first-order valence-electron chi connectivity index (χ1n) is 6.80. The molecule has 3 rings (SSSR count). The molecule has 0 fully saturated rings. The average molecular weight is 313 g/mol. The maximum Gasteiger partial charge on any atom is 0.338 e. The summed E-state index contributed by atoms with van der Waals surface area (Å²) in [5.74, 6) is -1.27. The Morgan fingerprint density at radius 2 is 2.00 bits per heavy atom. The number of carboxylic acid groups (broad SMARTS) is 1. The number of hydrogen-bond acceptors (Lipinski definition) is 7. The molecular weight excluding hydrogens is 300 g/mol. The second-order valence-corrected chi connectivity index (χ2v) is 5.00. The minimum absolute atomic E-state index is 0.0572. The van der Waals surface area contributed by atoms with Crippen molar-refractivity contribution in [2.45, 2.75) is 13.0 Å². The molecule has 0 amide bonds. The Morgan fingerprint density at radius 3 is 2.61 bits per heavy atom. The number of fused-ring (bicyclic) bond motifs is 1. The van der Waals surface area contributed by atoms with E-state index < -0.39 is 18.0 Å². The van der Waals surface area contributed by atoms with E-state index in [2.05, 4.69) is 15.4 Å². The molecule has 0 aliphatic carbocycles. The Balaban J connectivity index is 2.13. The maximum atomic E-state index is 12.2. The van der Waals surface area contributed by atoms with Crippen molar-refractivity contribution >= 4 is 17.9 Å². The van der Waals surface area contributed by atoms with E-state index >= 15 is 0 Å². The fourth-order valence-electron chi connectivity index (χ4n) is 2.57. The van der Waals surface area contributed by atoms with Crippen LogP contribution >= 0.6 is 0 Å². The van der Waals surface area contributed by atoms with Crippen LogP contribution in [0.2, 0.25) is 0 Å². The summed E-state index contributed by atoms with van der Waals surface area (Å²) >= 11 is 0. The zero-order valence-corrected chi connectivity index (χ0v) is 12.4. The molecule has 0 saturated heterocycles. The first kappa shape index (κ1) is 14.8. The van der Waals surface area contributed by atoms with Gasteiger partial charge in [0.2, 0.25) is 5.95 Å². The quantitative estimate of drug-likeness (QED) is 0.800. The van der Waals surface area contributed by atoms with Crippen LogP contribution in [0.25, 0.3) is 0 Å². The van der Waals surface area contributed by atoms with Crippen LogP contribution in [0.15, 0.2) is 41.9 Å². The highest BCUT2D eigenvalue weighted by Crippen LogP contribution is 2.34. The summed E-state index contributed by atoms with van der Waals surface area (Å²) in [6.45, 7) is 1.74. The van der Waals surface area contributed by atoms with E-state index in [-0.39, 0.29) is 5.56 Å². The highest BCUT2D eigenvalue weighted by molar-refractivity contribution is 5.92. The standard InChI is InChI=1S/C15H14N4O4/c1-8-11(14(22)23-2)12(19-15(18-8)16-7-17-19)9-3-5-10(6-4-9)13(20)21/h3-7,12H,1-2H3,(H,20,21)(H,16,17,18)/p-1. The third-order valence-corrected chi connectivity index (χ3v) is 3.66. The van der Waals surface area contributed by atoms with Gasteiger partial charge in [0.05, 0.1) is 18.7 Å². The van der Waals surface area contributed by atoms with Crippen LogP contribution in [0.5, 0.6) is 0 Å².